The van der Waals surface area contributed by atoms with Crippen molar-refractivity contribution < 1.29 is 28.9 Å². The van der Waals surface area contributed by atoms with Gasteiger partial charge in [-0.25, -0.2) is 4.79 Å². The molecule has 0 saturated heterocycles. The van der Waals surface area contributed by atoms with Gasteiger partial charge in [-0.1, -0.05) is 6.07 Å². The van der Waals surface area contributed by atoms with E-state index >= 15 is 0 Å². The second-order valence-corrected chi connectivity index (χ2v) is 6.78. The largest absolute Gasteiger partial charge is 0.490 e. The number of carboxylic acids is 1. The molecule has 0 heterocycles. The molecular formula is C22H25NO6. The summed E-state index contributed by atoms with van der Waals surface area (Å²) in [7, 11) is 0. The maximum absolute atomic E-state index is 12.7. The smallest absolute Gasteiger partial charge is 0.341 e. The first-order chi connectivity index (χ1) is 14.0. The lowest BCUT2D eigenvalue weighted by molar-refractivity contribution is -0.139. The average Bonchev–Trinajstić information content (AvgIpc) is 3.20. The first-order valence-electron chi connectivity index (χ1n) is 9.74. The Kier molecular flexibility index (Phi) is 6.94. The minimum Gasteiger partial charge on any atom is -0.490 e. The van der Waals surface area contributed by atoms with Gasteiger partial charge in [0.25, 0.3) is 5.91 Å². The second-order valence-electron chi connectivity index (χ2n) is 6.78. The third kappa shape index (κ3) is 5.88. The summed E-state index contributed by atoms with van der Waals surface area (Å²) in [5.74, 6) is -0.0673. The van der Waals surface area contributed by atoms with Gasteiger partial charge in [-0.05, 0) is 62.9 Å². The Morgan fingerprint density at radius 3 is 2.59 bits per heavy atom. The van der Waals surface area contributed by atoms with Crippen molar-refractivity contribution in [1.82, 2.24) is 0 Å². The summed E-state index contributed by atoms with van der Waals surface area (Å²) in [6.45, 7) is 1.66. The Morgan fingerprint density at radius 2 is 1.86 bits per heavy atom. The van der Waals surface area contributed by atoms with Crippen LogP contribution >= 0.6 is 0 Å². The van der Waals surface area contributed by atoms with Crippen LogP contribution in [0.25, 0.3) is 0 Å². The topological polar surface area (TPSA) is 94.1 Å². The summed E-state index contributed by atoms with van der Waals surface area (Å²) in [4.78, 5) is 23.4. The van der Waals surface area contributed by atoms with Crippen molar-refractivity contribution in [3.05, 3.63) is 48.0 Å². The molecular weight excluding hydrogens is 374 g/mol. The lowest BCUT2D eigenvalue weighted by atomic mass is 10.1. The highest BCUT2D eigenvalue weighted by Crippen LogP contribution is 2.29. The van der Waals surface area contributed by atoms with Crippen LogP contribution in [0.1, 0.15) is 43.0 Å². The highest BCUT2D eigenvalue weighted by Gasteiger charge is 2.17. The maximum atomic E-state index is 12.7. The number of benzene rings is 2. The first kappa shape index (κ1) is 20.5. The fraction of sp³-hybridized carbons (Fsp3) is 0.364. The molecule has 7 nitrogen and oxygen atoms in total. The average molecular weight is 399 g/mol. The number of nitrogens with one attached hydrogen (secondary N) is 1. The van der Waals surface area contributed by atoms with E-state index in [1.165, 1.54) is 25.0 Å². The number of hydrogen-bond acceptors (Lipinski definition) is 5. The molecule has 0 radical (unpaired) electrons. The number of carbonyl (C=O) groups is 2. The molecule has 1 amide bonds. The molecule has 2 aromatic rings. The summed E-state index contributed by atoms with van der Waals surface area (Å²) in [5, 5.41) is 11.6. The normalized spacial score (nSPS) is 13.7. The van der Waals surface area contributed by atoms with Crippen molar-refractivity contribution in [3.63, 3.8) is 0 Å². The fourth-order valence-corrected chi connectivity index (χ4v) is 3.23. The van der Waals surface area contributed by atoms with Gasteiger partial charge in [0.05, 0.1) is 12.7 Å². The van der Waals surface area contributed by atoms with Gasteiger partial charge < -0.3 is 24.6 Å². The summed E-state index contributed by atoms with van der Waals surface area (Å²) in [6, 6.07) is 12.0. The molecule has 1 saturated carbocycles. The highest BCUT2D eigenvalue weighted by atomic mass is 16.5. The summed E-state index contributed by atoms with van der Waals surface area (Å²) in [5.41, 5.74) is 1.01. The van der Waals surface area contributed by atoms with E-state index in [0.29, 0.717) is 23.6 Å². The van der Waals surface area contributed by atoms with E-state index in [1.807, 2.05) is 18.2 Å². The van der Waals surface area contributed by atoms with Crippen molar-refractivity contribution >= 4 is 17.6 Å². The zero-order valence-corrected chi connectivity index (χ0v) is 16.3. The van der Waals surface area contributed by atoms with Crippen LogP contribution in [0.4, 0.5) is 5.69 Å². The highest BCUT2D eigenvalue weighted by molar-refractivity contribution is 6.04. The standard InChI is InChI=1S/C22H25NO6/c1-2-27-20-12-15(10-11-19(20)28-14-21(24)25)22(26)23-16-6-5-9-18(13-16)29-17-7-3-4-8-17/h5-6,9-13,17H,2-4,7-8,14H2,1H3,(H,23,26)(H,24,25). The molecule has 1 aliphatic carbocycles. The SMILES string of the molecule is CCOc1cc(C(=O)Nc2cccc(OC3CCCC3)c2)ccc1OCC(=O)O. The third-order valence-electron chi connectivity index (χ3n) is 4.55. The Morgan fingerprint density at radius 1 is 1.07 bits per heavy atom. The van der Waals surface area contributed by atoms with E-state index in [4.69, 9.17) is 19.3 Å². The minimum absolute atomic E-state index is 0.244. The van der Waals surface area contributed by atoms with Gasteiger partial charge in [0, 0.05) is 17.3 Å². The third-order valence-corrected chi connectivity index (χ3v) is 4.55. The second kappa shape index (κ2) is 9.82. The van der Waals surface area contributed by atoms with Crippen LogP contribution in [0.5, 0.6) is 17.2 Å². The summed E-state index contributed by atoms with van der Waals surface area (Å²) >= 11 is 0. The molecule has 0 spiro atoms. The molecule has 1 fully saturated rings. The minimum atomic E-state index is -1.09. The van der Waals surface area contributed by atoms with Crippen molar-refractivity contribution in [2.45, 2.75) is 38.7 Å². The Bertz CT molecular complexity index is 860. The molecule has 1 aliphatic rings. The molecule has 7 heteroatoms. The van der Waals surface area contributed by atoms with Gasteiger partial charge in [-0.2, -0.15) is 0 Å². The van der Waals surface area contributed by atoms with E-state index < -0.39 is 12.6 Å². The quantitative estimate of drug-likeness (QED) is 0.659. The predicted molar refractivity (Wildman–Crippen MR) is 108 cm³/mol. The van der Waals surface area contributed by atoms with Crippen molar-refractivity contribution in [3.8, 4) is 17.2 Å². The van der Waals surface area contributed by atoms with Crippen LogP contribution in [0, 0.1) is 0 Å². The molecule has 2 N–H and O–H groups in total. The first-order valence-corrected chi connectivity index (χ1v) is 9.74. The van der Waals surface area contributed by atoms with E-state index in [9.17, 15) is 9.59 Å². The number of anilines is 1. The lowest BCUT2D eigenvalue weighted by Crippen LogP contribution is -2.14. The number of carboxylic acid groups (broad SMARTS) is 1. The van der Waals surface area contributed by atoms with Crippen LogP contribution in [-0.4, -0.2) is 36.3 Å². The van der Waals surface area contributed by atoms with E-state index in [-0.39, 0.29) is 17.8 Å². The maximum Gasteiger partial charge on any atom is 0.341 e. The number of amides is 1. The van der Waals surface area contributed by atoms with Gasteiger partial charge in [0.2, 0.25) is 0 Å². The van der Waals surface area contributed by atoms with Crippen LogP contribution in [0.15, 0.2) is 42.5 Å². The molecule has 0 unspecified atom stereocenters. The summed E-state index contributed by atoms with van der Waals surface area (Å²) in [6.07, 6.45) is 4.75. The van der Waals surface area contributed by atoms with Gasteiger partial charge in [0.1, 0.15) is 5.75 Å². The molecule has 3 rings (SSSR count). The zero-order valence-electron chi connectivity index (χ0n) is 16.3. The molecule has 0 aliphatic heterocycles. The van der Waals surface area contributed by atoms with E-state index in [0.717, 1.165) is 18.6 Å². The Labute approximate surface area is 169 Å². The monoisotopic (exact) mass is 399 g/mol. The molecule has 2 aromatic carbocycles. The van der Waals surface area contributed by atoms with Crippen molar-refractivity contribution in [1.29, 1.82) is 0 Å². The molecule has 0 bridgehead atoms. The molecule has 0 aromatic heterocycles. The Hall–Kier alpha value is -3.22. The molecule has 29 heavy (non-hydrogen) atoms. The lowest BCUT2D eigenvalue weighted by Gasteiger charge is -2.15. The predicted octanol–water partition coefficient (Wildman–Crippen LogP) is 4.12. The fourth-order valence-electron chi connectivity index (χ4n) is 3.23. The molecule has 0 atom stereocenters. The summed E-state index contributed by atoms with van der Waals surface area (Å²) < 4.78 is 16.7. The van der Waals surface area contributed by atoms with Crippen LogP contribution in [0.3, 0.4) is 0 Å². The molecule has 154 valence electrons. The van der Waals surface area contributed by atoms with Gasteiger partial charge >= 0.3 is 5.97 Å². The van der Waals surface area contributed by atoms with Crippen LogP contribution < -0.4 is 19.5 Å². The number of hydrogen-bond donors (Lipinski definition) is 2. The number of carbonyl (C=O) groups excluding carboxylic acids is 1. The zero-order chi connectivity index (χ0) is 20.6. The van der Waals surface area contributed by atoms with Gasteiger partial charge in [-0.15, -0.1) is 0 Å². The number of ether oxygens (including phenoxy) is 3. The number of aliphatic carboxylic acids is 1. The van der Waals surface area contributed by atoms with Gasteiger partial charge in [0.15, 0.2) is 18.1 Å². The van der Waals surface area contributed by atoms with Crippen LogP contribution in [-0.2, 0) is 4.79 Å². The van der Waals surface area contributed by atoms with Crippen LogP contribution in [0.2, 0.25) is 0 Å². The van der Waals surface area contributed by atoms with Gasteiger partial charge in [-0.3, -0.25) is 4.79 Å². The number of rotatable bonds is 9. The van der Waals surface area contributed by atoms with Crippen molar-refractivity contribution in [2.24, 2.45) is 0 Å². The van der Waals surface area contributed by atoms with E-state index in [1.54, 1.807) is 19.1 Å². The Balaban J connectivity index is 1.69. The van der Waals surface area contributed by atoms with E-state index in [2.05, 4.69) is 5.32 Å². The van der Waals surface area contributed by atoms with Crippen molar-refractivity contribution in [2.75, 3.05) is 18.5 Å².